The van der Waals surface area contributed by atoms with Crippen LogP contribution in [0.15, 0.2) is 0 Å². The minimum Gasteiger partial charge on any atom is -0.414 e. The zero-order chi connectivity index (χ0) is 9.31. The van der Waals surface area contributed by atoms with Crippen LogP contribution in [0.1, 0.15) is 19.3 Å². The van der Waals surface area contributed by atoms with Gasteiger partial charge in [-0.2, -0.15) is 0 Å². The minimum atomic E-state index is -1.47. The van der Waals surface area contributed by atoms with Gasteiger partial charge in [-0.1, -0.05) is 0 Å². The van der Waals surface area contributed by atoms with Crippen LogP contribution >= 0.6 is 0 Å². The molecule has 0 bridgehead atoms. The van der Waals surface area contributed by atoms with E-state index in [9.17, 15) is 10.2 Å². The Balaban J connectivity index is 1.90. The van der Waals surface area contributed by atoms with Crippen molar-refractivity contribution in [1.82, 2.24) is 0 Å². The number of aliphatic hydroxyl groups excluding tert-OH is 2. The standard InChI is InChI=1S/C9H18O3Si/c10-8-1-4-13(5-2-8)6-3-9(11)7-12-13/h8-11H,1-7H2. The molecule has 0 saturated carbocycles. The predicted molar refractivity (Wildman–Crippen MR) is 52.0 cm³/mol. The lowest BCUT2D eigenvalue weighted by atomic mass is 10.2. The van der Waals surface area contributed by atoms with Gasteiger partial charge in [0.1, 0.15) is 0 Å². The van der Waals surface area contributed by atoms with Crippen molar-refractivity contribution in [3.63, 3.8) is 0 Å². The van der Waals surface area contributed by atoms with Crippen LogP contribution in [0.2, 0.25) is 18.1 Å². The topological polar surface area (TPSA) is 49.7 Å². The molecule has 2 saturated heterocycles. The molecule has 2 aliphatic heterocycles. The van der Waals surface area contributed by atoms with Crippen molar-refractivity contribution in [2.45, 2.75) is 49.6 Å². The molecule has 0 amide bonds. The maximum atomic E-state index is 9.39. The molecule has 0 radical (unpaired) electrons. The first-order valence-corrected chi connectivity index (χ1v) is 7.73. The fraction of sp³-hybridized carbons (Fsp3) is 1.00. The summed E-state index contributed by atoms with van der Waals surface area (Å²) in [6.07, 6.45) is 2.44. The molecule has 1 atom stereocenters. The van der Waals surface area contributed by atoms with Crippen LogP contribution in [0.3, 0.4) is 0 Å². The third kappa shape index (κ3) is 2.12. The average Bonchev–Trinajstić information content (AvgIpc) is 2.16. The van der Waals surface area contributed by atoms with Gasteiger partial charge >= 0.3 is 0 Å². The van der Waals surface area contributed by atoms with Crippen molar-refractivity contribution in [2.75, 3.05) is 6.61 Å². The normalized spacial score (nSPS) is 46.6. The second kappa shape index (κ2) is 3.69. The van der Waals surface area contributed by atoms with E-state index in [1.807, 2.05) is 0 Å². The van der Waals surface area contributed by atoms with Crippen molar-refractivity contribution in [2.24, 2.45) is 0 Å². The summed E-state index contributed by atoms with van der Waals surface area (Å²) in [6.45, 7) is 0.544. The van der Waals surface area contributed by atoms with Gasteiger partial charge < -0.3 is 14.6 Å². The lowest BCUT2D eigenvalue weighted by Gasteiger charge is -2.40. The Bertz CT molecular complexity index is 146. The molecule has 2 fully saturated rings. The Morgan fingerprint density at radius 3 is 1.92 bits per heavy atom. The summed E-state index contributed by atoms with van der Waals surface area (Å²) in [5, 5.41) is 18.7. The predicted octanol–water partition coefficient (Wildman–Crippen LogP) is 0.868. The van der Waals surface area contributed by atoms with Gasteiger partial charge in [-0.25, -0.2) is 0 Å². The maximum absolute atomic E-state index is 9.39. The van der Waals surface area contributed by atoms with Gasteiger partial charge in [0.15, 0.2) is 8.32 Å². The van der Waals surface area contributed by atoms with E-state index in [4.69, 9.17) is 4.43 Å². The molecule has 1 spiro atoms. The number of aliphatic hydroxyl groups is 2. The fourth-order valence-corrected chi connectivity index (χ4v) is 6.69. The largest absolute Gasteiger partial charge is 0.414 e. The third-order valence-electron chi connectivity index (χ3n) is 3.38. The zero-order valence-electron chi connectivity index (χ0n) is 7.91. The molecule has 3 nitrogen and oxygen atoms in total. The van der Waals surface area contributed by atoms with Crippen molar-refractivity contribution < 1.29 is 14.6 Å². The van der Waals surface area contributed by atoms with E-state index < -0.39 is 8.32 Å². The molecule has 2 N–H and O–H groups in total. The molecule has 4 heteroatoms. The summed E-state index contributed by atoms with van der Waals surface area (Å²) < 4.78 is 5.84. The number of hydrogen-bond acceptors (Lipinski definition) is 3. The fourth-order valence-electron chi connectivity index (χ4n) is 2.38. The molecular formula is C9H18O3Si. The Morgan fingerprint density at radius 2 is 1.46 bits per heavy atom. The first-order valence-electron chi connectivity index (χ1n) is 5.20. The van der Waals surface area contributed by atoms with E-state index in [2.05, 4.69) is 0 Å². The van der Waals surface area contributed by atoms with Gasteiger partial charge in [-0.3, -0.25) is 0 Å². The molecule has 0 aliphatic carbocycles. The Hall–Kier alpha value is 0.0969. The molecule has 0 aromatic carbocycles. The second-order valence-electron chi connectivity index (χ2n) is 4.42. The van der Waals surface area contributed by atoms with Gasteiger partial charge in [-0.15, -0.1) is 0 Å². The van der Waals surface area contributed by atoms with Gasteiger partial charge in [0.25, 0.3) is 0 Å². The first-order chi connectivity index (χ1) is 6.20. The monoisotopic (exact) mass is 202 g/mol. The van der Waals surface area contributed by atoms with Crippen LogP contribution in [0.25, 0.3) is 0 Å². The first kappa shape index (κ1) is 9.64. The highest BCUT2D eigenvalue weighted by Crippen LogP contribution is 2.36. The van der Waals surface area contributed by atoms with Crippen molar-refractivity contribution in [3.05, 3.63) is 0 Å². The van der Waals surface area contributed by atoms with Crippen molar-refractivity contribution in [1.29, 1.82) is 0 Å². The molecular weight excluding hydrogens is 184 g/mol. The molecule has 76 valence electrons. The molecule has 13 heavy (non-hydrogen) atoms. The van der Waals surface area contributed by atoms with Crippen LogP contribution in [0, 0.1) is 0 Å². The van der Waals surface area contributed by atoms with E-state index >= 15 is 0 Å². The van der Waals surface area contributed by atoms with E-state index in [1.54, 1.807) is 0 Å². The third-order valence-corrected chi connectivity index (χ3v) is 7.76. The average molecular weight is 202 g/mol. The van der Waals surface area contributed by atoms with Gasteiger partial charge in [-0.05, 0) is 37.4 Å². The molecule has 0 aromatic heterocycles. The Kier molecular flexibility index (Phi) is 2.74. The maximum Gasteiger partial charge on any atom is 0.193 e. The zero-order valence-corrected chi connectivity index (χ0v) is 8.91. The van der Waals surface area contributed by atoms with Crippen LogP contribution < -0.4 is 0 Å². The smallest absolute Gasteiger partial charge is 0.193 e. The highest BCUT2D eigenvalue weighted by molar-refractivity contribution is 6.74. The number of hydrogen-bond donors (Lipinski definition) is 2. The second-order valence-corrected chi connectivity index (χ2v) is 8.57. The van der Waals surface area contributed by atoms with Gasteiger partial charge in [0.2, 0.25) is 0 Å². The minimum absolute atomic E-state index is 0.0893. The number of rotatable bonds is 0. The summed E-state index contributed by atoms with van der Waals surface area (Å²) in [4.78, 5) is 0. The van der Waals surface area contributed by atoms with Gasteiger partial charge in [0, 0.05) is 0 Å². The SMILES string of the molecule is OC1CC[Si]2(CC1)CCC(O)CO2. The van der Waals surface area contributed by atoms with Crippen LogP contribution in [-0.4, -0.2) is 37.3 Å². The summed E-state index contributed by atoms with van der Waals surface area (Å²) in [6, 6.07) is 3.29. The molecule has 2 heterocycles. The summed E-state index contributed by atoms with van der Waals surface area (Å²) in [7, 11) is -1.47. The van der Waals surface area contributed by atoms with E-state index in [1.165, 1.54) is 0 Å². The molecule has 2 aliphatic rings. The van der Waals surface area contributed by atoms with Crippen molar-refractivity contribution >= 4 is 8.32 Å². The summed E-state index contributed by atoms with van der Waals surface area (Å²) in [5.41, 5.74) is 0. The molecule has 1 unspecified atom stereocenters. The van der Waals surface area contributed by atoms with Crippen molar-refractivity contribution in [3.8, 4) is 0 Å². The Labute approximate surface area is 79.9 Å². The lowest BCUT2D eigenvalue weighted by Crippen LogP contribution is -2.48. The highest BCUT2D eigenvalue weighted by Gasteiger charge is 2.41. The molecule has 0 aromatic rings. The quantitative estimate of drug-likeness (QED) is 0.573. The Morgan fingerprint density at radius 1 is 0.923 bits per heavy atom. The highest BCUT2D eigenvalue weighted by atomic mass is 28.4. The van der Waals surface area contributed by atoms with Crippen LogP contribution in [0.4, 0.5) is 0 Å². The molecule has 2 rings (SSSR count). The lowest BCUT2D eigenvalue weighted by molar-refractivity contribution is 0.0729. The van der Waals surface area contributed by atoms with Gasteiger partial charge in [0.05, 0.1) is 18.8 Å². The van der Waals surface area contributed by atoms with Crippen LogP contribution in [0.5, 0.6) is 0 Å². The van der Waals surface area contributed by atoms with E-state index in [-0.39, 0.29) is 12.2 Å². The summed E-state index contributed by atoms with van der Waals surface area (Å²) in [5.74, 6) is 0. The summed E-state index contributed by atoms with van der Waals surface area (Å²) >= 11 is 0. The van der Waals surface area contributed by atoms with E-state index in [0.717, 1.165) is 37.4 Å². The van der Waals surface area contributed by atoms with Crippen LogP contribution in [-0.2, 0) is 4.43 Å². The van der Waals surface area contributed by atoms with E-state index in [0.29, 0.717) is 6.61 Å².